The van der Waals surface area contributed by atoms with Gasteiger partial charge in [-0.3, -0.25) is 4.79 Å². The van der Waals surface area contributed by atoms with Gasteiger partial charge in [-0.2, -0.15) is 0 Å². The van der Waals surface area contributed by atoms with E-state index in [1.807, 2.05) is 0 Å². The molecule has 1 aliphatic rings. The first kappa shape index (κ1) is 11.6. The number of rotatable bonds is 2. The van der Waals surface area contributed by atoms with Crippen LogP contribution in [0.15, 0.2) is 22.7 Å². The molecular weight excluding hydrogens is 273 g/mol. The van der Waals surface area contributed by atoms with Gasteiger partial charge in [-0.25, -0.2) is 4.39 Å². The minimum absolute atomic E-state index is 0.0519. The van der Waals surface area contributed by atoms with Crippen molar-refractivity contribution in [1.82, 2.24) is 0 Å². The highest BCUT2D eigenvalue weighted by Gasteiger charge is 2.22. The van der Waals surface area contributed by atoms with Gasteiger partial charge >= 0.3 is 0 Å². The van der Waals surface area contributed by atoms with Crippen molar-refractivity contribution in [1.29, 1.82) is 0 Å². The third kappa shape index (κ3) is 2.61. The summed E-state index contributed by atoms with van der Waals surface area (Å²) in [6.45, 7) is 0. The summed E-state index contributed by atoms with van der Waals surface area (Å²) < 4.78 is 13.3. The molecule has 1 aliphatic carbocycles. The molecule has 0 saturated heterocycles. The van der Waals surface area contributed by atoms with E-state index in [9.17, 15) is 9.18 Å². The fraction of sp³-hybridized carbons (Fsp3) is 0.417. The van der Waals surface area contributed by atoms with Crippen molar-refractivity contribution in [3.05, 3.63) is 28.5 Å². The Bertz CT molecular complexity index is 402. The Kier molecular flexibility index (Phi) is 3.59. The number of halogens is 2. The molecule has 4 heteroatoms. The van der Waals surface area contributed by atoms with E-state index in [0.29, 0.717) is 10.2 Å². The predicted molar refractivity (Wildman–Crippen MR) is 64.7 cm³/mol. The Balaban J connectivity index is 2.02. The molecule has 0 unspecified atom stereocenters. The molecular formula is C12H13BrFNO. The van der Waals surface area contributed by atoms with Crippen LogP contribution in [-0.2, 0) is 4.79 Å². The number of benzene rings is 1. The summed E-state index contributed by atoms with van der Waals surface area (Å²) >= 11 is 3.09. The van der Waals surface area contributed by atoms with Crippen LogP contribution in [0.1, 0.15) is 25.7 Å². The monoisotopic (exact) mass is 285 g/mol. The first-order valence-electron chi connectivity index (χ1n) is 5.43. The second-order valence-corrected chi connectivity index (χ2v) is 4.95. The Labute approximate surface area is 102 Å². The quantitative estimate of drug-likeness (QED) is 0.882. The lowest BCUT2D eigenvalue weighted by Gasteiger charge is -2.10. The maximum Gasteiger partial charge on any atom is 0.227 e. The number of hydrogen-bond acceptors (Lipinski definition) is 1. The SMILES string of the molecule is O=C(Nc1ccc(F)c(Br)c1)C1CCCC1. The van der Waals surface area contributed by atoms with Crippen LogP contribution in [0.25, 0.3) is 0 Å². The van der Waals surface area contributed by atoms with Gasteiger partial charge in [-0.05, 0) is 47.0 Å². The summed E-state index contributed by atoms with van der Waals surface area (Å²) in [5, 5.41) is 2.82. The van der Waals surface area contributed by atoms with Crippen molar-refractivity contribution in [3.8, 4) is 0 Å². The van der Waals surface area contributed by atoms with E-state index in [0.717, 1.165) is 25.7 Å². The van der Waals surface area contributed by atoms with Crippen molar-refractivity contribution in [2.24, 2.45) is 5.92 Å². The Morgan fingerprint density at radius 3 is 2.69 bits per heavy atom. The summed E-state index contributed by atoms with van der Waals surface area (Å²) in [5.41, 5.74) is 0.644. The van der Waals surface area contributed by atoms with Gasteiger partial charge in [-0.1, -0.05) is 12.8 Å². The van der Waals surface area contributed by atoms with Crippen LogP contribution in [0.5, 0.6) is 0 Å². The van der Waals surface area contributed by atoms with Gasteiger partial charge in [-0.15, -0.1) is 0 Å². The van der Waals surface area contributed by atoms with E-state index >= 15 is 0 Å². The number of carbonyl (C=O) groups is 1. The Morgan fingerprint density at radius 1 is 1.38 bits per heavy atom. The molecule has 0 bridgehead atoms. The van der Waals surface area contributed by atoms with E-state index in [-0.39, 0.29) is 17.6 Å². The van der Waals surface area contributed by atoms with Gasteiger partial charge in [0.25, 0.3) is 0 Å². The molecule has 0 spiro atoms. The molecule has 1 aromatic carbocycles. The minimum atomic E-state index is -0.320. The number of nitrogens with one attached hydrogen (secondary N) is 1. The summed E-state index contributed by atoms with van der Waals surface area (Å²) in [6, 6.07) is 4.50. The average molecular weight is 286 g/mol. The third-order valence-electron chi connectivity index (χ3n) is 2.91. The number of carbonyl (C=O) groups excluding carboxylic acids is 1. The maximum atomic E-state index is 13.0. The predicted octanol–water partition coefficient (Wildman–Crippen LogP) is 3.72. The molecule has 0 aromatic heterocycles. The second-order valence-electron chi connectivity index (χ2n) is 4.10. The molecule has 0 heterocycles. The molecule has 1 fully saturated rings. The Morgan fingerprint density at radius 2 is 2.06 bits per heavy atom. The van der Waals surface area contributed by atoms with Crippen molar-refractivity contribution in [2.75, 3.05) is 5.32 Å². The van der Waals surface area contributed by atoms with Crippen LogP contribution < -0.4 is 5.32 Å². The van der Waals surface area contributed by atoms with Gasteiger partial charge in [0.1, 0.15) is 5.82 Å². The fourth-order valence-corrected chi connectivity index (χ4v) is 2.38. The van der Waals surface area contributed by atoms with Gasteiger partial charge < -0.3 is 5.32 Å². The summed E-state index contributed by atoms with van der Waals surface area (Å²) in [4.78, 5) is 11.8. The zero-order valence-corrected chi connectivity index (χ0v) is 10.4. The number of amides is 1. The maximum absolute atomic E-state index is 13.0. The van der Waals surface area contributed by atoms with Crippen molar-refractivity contribution in [2.45, 2.75) is 25.7 Å². The molecule has 16 heavy (non-hydrogen) atoms. The van der Waals surface area contributed by atoms with Crippen LogP contribution in [-0.4, -0.2) is 5.91 Å². The minimum Gasteiger partial charge on any atom is -0.326 e. The molecule has 1 N–H and O–H groups in total. The lowest BCUT2D eigenvalue weighted by molar-refractivity contribution is -0.119. The Hall–Kier alpha value is -0.900. The first-order valence-corrected chi connectivity index (χ1v) is 6.22. The molecule has 1 saturated carbocycles. The summed E-state index contributed by atoms with van der Waals surface area (Å²) in [6.07, 6.45) is 4.19. The highest BCUT2D eigenvalue weighted by atomic mass is 79.9. The third-order valence-corrected chi connectivity index (χ3v) is 3.52. The summed E-state index contributed by atoms with van der Waals surface area (Å²) in [5.74, 6) is -0.140. The lowest BCUT2D eigenvalue weighted by atomic mass is 10.1. The van der Waals surface area contributed by atoms with Crippen molar-refractivity contribution >= 4 is 27.5 Å². The second kappa shape index (κ2) is 4.95. The molecule has 0 radical (unpaired) electrons. The van der Waals surface area contributed by atoms with Crippen LogP contribution in [0.2, 0.25) is 0 Å². The topological polar surface area (TPSA) is 29.1 Å². The van der Waals surface area contributed by atoms with Gasteiger partial charge in [0.15, 0.2) is 0 Å². The van der Waals surface area contributed by atoms with E-state index in [2.05, 4.69) is 21.2 Å². The first-order chi connectivity index (χ1) is 7.66. The van der Waals surface area contributed by atoms with E-state index < -0.39 is 0 Å². The normalized spacial score (nSPS) is 16.4. The van der Waals surface area contributed by atoms with E-state index in [4.69, 9.17) is 0 Å². The average Bonchev–Trinajstić information content (AvgIpc) is 2.77. The highest BCUT2D eigenvalue weighted by molar-refractivity contribution is 9.10. The van der Waals surface area contributed by atoms with Gasteiger partial charge in [0, 0.05) is 11.6 Å². The van der Waals surface area contributed by atoms with Crippen molar-refractivity contribution < 1.29 is 9.18 Å². The standard InChI is InChI=1S/C12H13BrFNO/c13-10-7-9(5-6-11(10)14)15-12(16)8-3-1-2-4-8/h5-8H,1-4H2,(H,15,16). The molecule has 0 atom stereocenters. The van der Waals surface area contributed by atoms with E-state index in [1.54, 1.807) is 12.1 Å². The van der Waals surface area contributed by atoms with Crippen LogP contribution in [0.4, 0.5) is 10.1 Å². The number of hydrogen-bond donors (Lipinski definition) is 1. The van der Waals surface area contributed by atoms with Gasteiger partial charge in [0.05, 0.1) is 4.47 Å². The molecule has 1 amide bonds. The zero-order valence-electron chi connectivity index (χ0n) is 8.80. The largest absolute Gasteiger partial charge is 0.326 e. The number of anilines is 1. The van der Waals surface area contributed by atoms with Crippen LogP contribution >= 0.6 is 15.9 Å². The molecule has 0 aliphatic heterocycles. The molecule has 2 nitrogen and oxygen atoms in total. The lowest BCUT2D eigenvalue weighted by Crippen LogP contribution is -2.20. The molecule has 2 rings (SSSR count). The van der Waals surface area contributed by atoms with E-state index in [1.165, 1.54) is 6.07 Å². The smallest absolute Gasteiger partial charge is 0.227 e. The van der Waals surface area contributed by atoms with Crippen LogP contribution in [0.3, 0.4) is 0 Å². The van der Waals surface area contributed by atoms with Crippen molar-refractivity contribution in [3.63, 3.8) is 0 Å². The fourth-order valence-electron chi connectivity index (χ4n) is 2.01. The molecule has 86 valence electrons. The molecule has 1 aromatic rings. The highest BCUT2D eigenvalue weighted by Crippen LogP contribution is 2.27. The zero-order chi connectivity index (χ0) is 11.5. The summed E-state index contributed by atoms with van der Waals surface area (Å²) in [7, 11) is 0. The van der Waals surface area contributed by atoms with Gasteiger partial charge in [0.2, 0.25) is 5.91 Å². The van der Waals surface area contributed by atoms with Crippen LogP contribution in [0, 0.1) is 11.7 Å².